The number of rotatable bonds is 2. The Kier molecular flexibility index (Phi) is 3.89. The van der Waals surface area contributed by atoms with Crippen molar-refractivity contribution in [2.45, 2.75) is 33.1 Å². The van der Waals surface area contributed by atoms with Crippen LogP contribution in [-0.2, 0) is 5.41 Å². The number of aromatic nitrogens is 1. The molecule has 1 heterocycles. The van der Waals surface area contributed by atoms with Crippen molar-refractivity contribution in [1.82, 2.24) is 4.98 Å². The normalized spacial score (nSPS) is 11.2. The van der Waals surface area contributed by atoms with E-state index < -0.39 is 0 Å². The second kappa shape index (κ2) is 5.45. The van der Waals surface area contributed by atoms with E-state index in [0.717, 1.165) is 16.9 Å². The molecule has 0 radical (unpaired) electrons. The molecular weight excluding hydrogens is 248 g/mol. The molecule has 0 unspecified atom stereocenters. The van der Waals surface area contributed by atoms with Gasteiger partial charge in [-0.2, -0.15) is 0 Å². The third-order valence-corrected chi connectivity index (χ3v) is 3.23. The van der Waals surface area contributed by atoms with Crippen molar-refractivity contribution < 1.29 is 4.79 Å². The van der Waals surface area contributed by atoms with Gasteiger partial charge in [-0.05, 0) is 36.1 Å². The lowest BCUT2D eigenvalue weighted by atomic mass is 9.86. The number of amides is 1. The third kappa shape index (κ3) is 3.05. The average Bonchev–Trinajstić information content (AvgIpc) is 2.38. The van der Waals surface area contributed by atoms with Crippen LogP contribution in [0.5, 0.6) is 0 Å². The van der Waals surface area contributed by atoms with Crippen molar-refractivity contribution >= 4 is 11.6 Å². The molecule has 3 nitrogen and oxygen atoms in total. The Bertz CT molecular complexity index is 627. The summed E-state index contributed by atoms with van der Waals surface area (Å²) in [5.74, 6) is -0.118. The van der Waals surface area contributed by atoms with Crippen LogP contribution in [0.15, 0.2) is 42.6 Å². The van der Waals surface area contributed by atoms with E-state index in [9.17, 15) is 4.79 Å². The fourth-order valence-corrected chi connectivity index (χ4v) is 2.16. The highest BCUT2D eigenvalue weighted by atomic mass is 16.1. The Morgan fingerprint density at radius 3 is 2.45 bits per heavy atom. The summed E-state index contributed by atoms with van der Waals surface area (Å²) >= 11 is 0. The highest BCUT2D eigenvalue weighted by Crippen LogP contribution is 2.29. The maximum Gasteiger partial charge on any atom is 0.257 e. The van der Waals surface area contributed by atoms with E-state index in [4.69, 9.17) is 0 Å². The van der Waals surface area contributed by atoms with E-state index in [1.807, 2.05) is 31.2 Å². The molecule has 0 spiro atoms. The number of anilines is 1. The number of carbonyl (C=O) groups is 1. The topological polar surface area (TPSA) is 42.0 Å². The van der Waals surface area contributed by atoms with E-state index in [1.165, 1.54) is 0 Å². The standard InChI is InChI=1S/C17H20N2O/c1-12-13(8-7-11-18-12)16(20)19-15-10-6-5-9-14(15)17(2,3)4/h5-11H,1-4H3,(H,19,20). The highest BCUT2D eigenvalue weighted by molar-refractivity contribution is 6.05. The van der Waals surface area contributed by atoms with Gasteiger partial charge in [-0.15, -0.1) is 0 Å². The summed E-state index contributed by atoms with van der Waals surface area (Å²) in [7, 11) is 0. The predicted octanol–water partition coefficient (Wildman–Crippen LogP) is 3.94. The van der Waals surface area contributed by atoms with Crippen LogP contribution >= 0.6 is 0 Å². The lowest BCUT2D eigenvalue weighted by molar-refractivity contribution is 0.102. The van der Waals surface area contributed by atoms with Crippen molar-refractivity contribution in [3.05, 3.63) is 59.4 Å². The highest BCUT2D eigenvalue weighted by Gasteiger charge is 2.19. The van der Waals surface area contributed by atoms with Crippen molar-refractivity contribution in [3.63, 3.8) is 0 Å². The smallest absolute Gasteiger partial charge is 0.257 e. The minimum Gasteiger partial charge on any atom is -0.322 e. The van der Waals surface area contributed by atoms with Crippen molar-refractivity contribution in [1.29, 1.82) is 0 Å². The van der Waals surface area contributed by atoms with Gasteiger partial charge in [0.2, 0.25) is 0 Å². The Hall–Kier alpha value is -2.16. The molecule has 0 bridgehead atoms. The predicted molar refractivity (Wildman–Crippen MR) is 82.1 cm³/mol. The zero-order chi connectivity index (χ0) is 14.8. The van der Waals surface area contributed by atoms with E-state index >= 15 is 0 Å². The summed E-state index contributed by atoms with van der Waals surface area (Å²) in [6.07, 6.45) is 1.69. The van der Waals surface area contributed by atoms with Crippen LogP contribution in [0.3, 0.4) is 0 Å². The first-order chi connectivity index (χ1) is 9.39. The summed E-state index contributed by atoms with van der Waals surface area (Å²) in [6.45, 7) is 8.23. The van der Waals surface area contributed by atoms with E-state index in [1.54, 1.807) is 18.3 Å². The fraction of sp³-hybridized carbons (Fsp3) is 0.294. The van der Waals surface area contributed by atoms with Crippen molar-refractivity contribution in [2.24, 2.45) is 0 Å². The van der Waals surface area contributed by atoms with Crippen LogP contribution in [0, 0.1) is 6.92 Å². The number of hydrogen-bond acceptors (Lipinski definition) is 2. The third-order valence-electron chi connectivity index (χ3n) is 3.23. The molecule has 0 fully saturated rings. The van der Waals surface area contributed by atoms with Gasteiger partial charge in [0, 0.05) is 17.6 Å². The Morgan fingerprint density at radius 2 is 1.80 bits per heavy atom. The first kappa shape index (κ1) is 14.3. The largest absolute Gasteiger partial charge is 0.322 e. The zero-order valence-corrected chi connectivity index (χ0v) is 12.4. The van der Waals surface area contributed by atoms with Gasteiger partial charge in [0.15, 0.2) is 0 Å². The molecule has 20 heavy (non-hydrogen) atoms. The number of benzene rings is 1. The van der Waals surface area contributed by atoms with Gasteiger partial charge in [-0.3, -0.25) is 9.78 Å². The SMILES string of the molecule is Cc1ncccc1C(=O)Nc1ccccc1C(C)(C)C. The minimum absolute atomic E-state index is 0.0200. The Labute approximate surface area is 120 Å². The van der Waals surface area contributed by atoms with Crippen LogP contribution in [0.25, 0.3) is 0 Å². The molecule has 0 saturated carbocycles. The maximum absolute atomic E-state index is 12.4. The minimum atomic E-state index is -0.118. The lowest BCUT2D eigenvalue weighted by Gasteiger charge is -2.23. The quantitative estimate of drug-likeness (QED) is 0.896. The molecule has 0 aliphatic heterocycles. The average molecular weight is 268 g/mol. The number of para-hydroxylation sites is 1. The first-order valence-corrected chi connectivity index (χ1v) is 6.72. The molecule has 104 valence electrons. The fourth-order valence-electron chi connectivity index (χ4n) is 2.16. The van der Waals surface area contributed by atoms with E-state index in [0.29, 0.717) is 5.56 Å². The van der Waals surface area contributed by atoms with Gasteiger partial charge in [-0.25, -0.2) is 0 Å². The van der Waals surface area contributed by atoms with Crippen LogP contribution < -0.4 is 5.32 Å². The molecular formula is C17H20N2O. The number of hydrogen-bond donors (Lipinski definition) is 1. The van der Waals surface area contributed by atoms with E-state index in [-0.39, 0.29) is 11.3 Å². The van der Waals surface area contributed by atoms with Crippen molar-refractivity contribution in [2.75, 3.05) is 5.32 Å². The molecule has 3 heteroatoms. The van der Waals surface area contributed by atoms with Crippen LogP contribution in [0.2, 0.25) is 0 Å². The molecule has 2 rings (SSSR count). The molecule has 0 atom stereocenters. The second-order valence-corrected chi connectivity index (χ2v) is 5.89. The molecule has 0 aliphatic carbocycles. The van der Waals surface area contributed by atoms with Crippen molar-refractivity contribution in [3.8, 4) is 0 Å². The number of nitrogens with zero attached hydrogens (tertiary/aromatic N) is 1. The number of pyridine rings is 1. The van der Waals surface area contributed by atoms with Gasteiger partial charge in [0.05, 0.1) is 5.56 Å². The first-order valence-electron chi connectivity index (χ1n) is 6.72. The Balaban J connectivity index is 2.32. The Morgan fingerprint density at radius 1 is 1.10 bits per heavy atom. The summed E-state index contributed by atoms with van der Waals surface area (Å²) in [6, 6.07) is 11.5. The molecule has 0 aliphatic rings. The number of aryl methyl sites for hydroxylation is 1. The maximum atomic E-state index is 12.4. The van der Waals surface area contributed by atoms with Gasteiger partial charge in [0.1, 0.15) is 0 Å². The van der Waals surface area contributed by atoms with Gasteiger partial charge in [-0.1, -0.05) is 39.0 Å². The summed E-state index contributed by atoms with van der Waals surface area (Å²) in [5.41, 5.74) is 3.30. The molecule has 1 N–H and O–H groups in total. The number of nitrogens with one attached hydrogen (secondary N) is 1. The summed E-state index contributed by atoms with van der Waals surface area (Å²) in [4.78, 5) is 16.5. The monoisotopic (exact) mass is 268 g/mol. The van der Waals surface area contributed by atoms with Gasteiger partial charge < -0.3 is 5.32 Å². The molecule has 2 aromatic rings. The second-order valence-electron chi connectivity index (χ2n) is 5.89. The molecule has 1 aromatic heterocycles. The molecule has 1 aromatic carbocycles. The van der Waals surface area contributed by atoms with Crippen LogP contribution in [0.1, 0.15) is 42.4 Å². The lowest BCUT2D eigenvalue weighted by Crippen LogP contribution is -2.19. The summed E-state index contributed by atoms with van der Waals surface area (Å²) in [5, 5.41) is 3.00. The summed E-state index contributed by atoms with van der Waals surface area (Å²) < 4.78 is 0. The molecule has 0 saturated heterocycles. The van der Waals surface area contributed by atoms with Gasteiger partial charge in [0.25, 0.3) is 5.91 Å². The van der Waals surface area contributed by atoms with Gasteiger partial charge >= 0.3 is 0 Å². The van der Waals surface area contributed by atoms with E-state index in [2.05, 4.69) is 31.1 Å². The van der Waals surface area contributed by atoms with Crippen LogP contribution in [-0.4, -0.2) is 10.9 Å². The zero-order valence-electron chi connectivity index (χ0n) is 12.4. The van der Waals surface area contributed by atoms with Crippen LogP contribution in [0.4, 0.5) is 5.69 Å². The number of carbonyl (C=O) groups excluding carboxylic acids is 1. The molecule has 1 amide bonds.